The molecule has 7 nitrogen and oxygen atoms in total. The number of hydrogen-bond donors (Lipinski definition) is 1. The van der Waals surface area contributed by atoms with Crippen molar-refractivity contribution >= 4 is 29.0 Å². The summed E-state index contributed by atoms with van der Waals surface area (Å²) in [5.41, 5.74) is 5.78. The van der Waals surface area contributed by atoms with Crippen molar-refractivity contribution in [2.24, 2.45) is 0 Å². The molecule has 2 amide bonds. The second-order valence-electron chi connectivity index (χ2n) is 9.83. The monoisotopic (exact) mass is 541 g/mol. The number of benzene rings is 2. The molecule has 1 atom stereocenters. The van der Waals surface area contributed by atoms with Crippen LogP contribution < -0.4 is 10.1 Å². The lowest BCUT2D eigenvalue weighted by Crippen LogP contribution is -2.38. The molecule has 8 heteroatoms. The van der Waals surface area contributed by atoms with Gasteiger partial charge in [0.1, 0.15) is 10.8 Å². The summed E-state index contributed by atoms with van der Waals surface area (Å²) in [6, 6.07) is 18.4. The first-order chi connectivity index (χ1) is 19.1. The number of hydrogen-bond acceptors (Lipinski definition) is 5. The van der Waals surface area contributed by atoms with Crippen LogP contribution in [0.3, 0.4) is 0 Å². The minimum absolute atomic E-state index is 0.198. The second kappa shape index (κ2) is 10.6. The van der Waals surface area contributed by atoms with E-state index in [0.29, 0.717) is 24.4 Å². The number of nitrogens with zero attached hydrogens (tertiary/aromatic N) is 2. The van der Waals surface area contributed by atoms with Gasteiger partial charge in [-0.2, -0.15) is 0 Å². The summed E-state index contributed by atoms with van der Waals surface area (Å²) in [6.45, 7) is 2.60. The zero-order valence-electron chi connectivity index (χ0n) is 22.1. The van der Waals surface area contributed by atoms with E-state index in [1.165, 1.54) is 33.8 Å². The summed E-state index contributed by atoms with van der Waals surface area (Å²) >= 11 is 1.87. The average molecular weight is 542 g/mol. The SMILES string of the molecule is CCOC(=O)c1ccc(NC(=O)N2Cc3c(sc4c3CCCC4)-n3cccc3[C@@H]2c2ccc(OC)cc2)cc1. The largest absolute Gasteiger partial charge is 0.497 e. The number of ether oxygens (including phenoxy) is 2. The fourth-order valence-corrected chi connectivity index (χ4v) is 7.03. The molecule has 0 radical (unpaired) electrons. The minimum Gasteiger partial charge on any atom is -0.497 e. The Morgan fingerprint density at radius 2 is 1.77 bits per heavy atom. The highest BCUT2D eigenvalue weighted by Crippen LogP contribution is 2.44. The number of aryl methyl sites for hydroxylation is 1. The van der Waals surface area contributed by atoms with Crippen molar-refractivity contribution in [1.82, 2.24) is 9.47 Å². The number of fused-ring (bicyclic) bond motifs is 5. The first-order valence-corrected chi connectivity index (χ1v) is 14.2. The lowest BCUT2D eigenvalue weighted by molar-refractivity contribution is 0.0526. The molecule has 3 heterocycles. The Balaban J connectivity index is 1.40. The minimum atomic E-state index is -0.377. The number of nitrogens with one attached hydrogen (secondary N) is 1. The molecule has 2 aromatic carbocycles. The van der Waals surface area contributed by atoms with Crippen LogP contribution in [0.4, 0.5) is 10.5 Å². The number of anilines is 1. The Kier molecular flexibility index (Phi) is 6.87. The summed E-state index contributed by atoms with van der Waals surface area (Å²) in [7, 11) is 1.65. The van der Waals surface area contributed by atoms with Crippen LogP contribution in [-0.4, -0.2) is 35.2 Å². The van der Waals surface area contributed by atoms with Gasteiger partial charge in [0.05, 0.1) is 37.6 Å². The third-order valence-corrected chi connectivity index (χ3v) is 8.85. The van der Waals surface area contributed by atoms with Gasteiger partial charge in [0.15, 0.2) is 0 Å². The molecular weight excluding hydrogens is 510 g/mol. The van der Waals surface area contributed by atoms with E-state index in [9.17, 15) is 9.59 Å². The maximum atomic E-state index is 14.1. The predicted molar refractivity (Wildman–Crippen MR) is 152 cm³/mol. The molecule has 2 aliphatic rings. The molecule has 1 aliphatic carbocycles. The van der Waals surface area contributed by atoms with E-state index in [2.05, 4.69) is 28.2 Å². The molecule has 39 heavy (non-hydrogen) atoms. The smallest absolute Gasteiger partial charge is 0.338 e. The second-order valence-corrected chi connectivity index (χ2v) is 10.9. The fraction of sp³-hybridized carbons (Fsp3) is 0.290. The van der Waals surface area contributed by atoms with E-state index in [1.54, 1.807) is 38.3 Å². The Morgan fingerprint density at radius 3 is 2.51 bits per heavy atom. The summed E-state index contributed by atoms with van der Waals surface area (Å²) in [5.74, 6) is 0.395. The van der Waals surface area contributed by atoms with Crippen LogP contribution in [-0.2, 0) is 24.1 Å². The summed E-state index contributed by atoms with van der Waals surface area (Å²) in [5, 5.41) is 4.31. The molecule has 200 valence electrons. The number of rotatable bonds is 5. The van der Waals surface area contributed by atoms with Crippen LogP contribution in [0.2, 0.25) is 0 Å². The number of urea groups is 1. The molecule has 0 spiro atoms. The maximum Gasteiger partial charge on any atom is 0.338 e. The molecule has 0 saturated carbocycles. The number of methoxy groups -OCH3 is 1. The zero-order valence-corrected chi connectivity index (χ0v) is 22.9. The van der Waals surface area contributed by atoms with Gasteiger partial charge >= 0.3 is 12.0 Å². The first-order valence-electron chi connectivity index (χ1n) is 13.4. The van der Waals surface area contributed by atoms with Gasteiger partial charge in [0.25, 0.3) is 0 Å². The van der Waals surface area contributed by atoms with Crippen LogP contribution in [0.5, 0.6) is 5.75 Å². The highest BCUT2D eigenvalue weighted by Gasteiger charge is 2.36. The molecule has 0 unspecified atom stereocenters. The van der Waals surface area contributed by atoms with Gasteiger partial charge in [0, 0.05) is 22.3 Å². The number of esters is 1. The molecule has 4 aromatic rings. The lowest BCUT2D eigenvalue weighted by atomic mass is 9.95. The van der Waals surface area contributed by atoms with Crippen LogP contribution >= 0.6 is 11.3 Å². The highest BCUT2D eigenvalue weighted by molar-refractivity contribution is 7.15. The third kappa shape index (κ3) is 4.69. The topological polar surface area (TPSA) is 72.8 Å². The third-order valence-electron chi connectivity index (χ3n) is 7.52. The van der Waals surface area contributed by atoms with E-state index in [4.69, 9.17) is 9.47 Å². The van der Waals surface area contributed by atoms with Gasteiger partial charge in [-0.15, -0.1) is 11.3 Å². The fourth-order valence-electron chi connectivity index (χ4n) is 5.62. The number of aromatic nitrogens is 1. The van der Waals surface area contributed by atoms with Crippen molar-refractivity contribution in [1.29, 1.82) is 0 Å². The van der Waals surface area contributed by atoms with Gasteiger partial charge in [-0.05, 0) is 92.3 Å². The molecule has 1 N–H and O–H groups in total. The van der Waals surface area contributed by atoms with E-state index in [1.807, 2.05) is 40.5 Å². The summed E-state index contributed by atoms with van der Waals surface area (Å²) in [6.07, 6.45) is 6.66. The first kappa shape index (κ1) is 25.2. The zero-order chi connectivity index (χ0) is 26.9. The Morgan fingerprint density at radius 1 is 1.00 bits per heavy atom. The van der Waals surface area contributed by atoms with Crippen LogP contribution in [0, 0.1) is 0 Å². The Labute approximate surface area is 232 Å². The van der Waals surface area contributed by atoms with Gasteiger partial charge in [-0.25, -0.2) is 9.59 Å². The number of thiophene rings is 1. The van der Waals surface area contributed by atoms with E-state index in [-0.39, 0.29) is 18.0 Å². The van der Waals surface area contributed by atoms with Crippen molar-refractivity contribution < 1.29 is 19.1 Å². The average Bonchev–Trinajstić information content (AvgIpc) is 3.55. The normalized spacial score (nSPS) is 15.9. The van der Waals surface area contributed by atoms with Gasteiger partial charge in [-0.3, -0.25) is 0 Å². The van der Waals surface area contributed by atoms with Crippen molar-refractivity contribution in [3.8, 4) is 10.8 Å². The Bertz CT molecular complexity index is 1500. The number of carbonyl (C=O) groups is 2. The van der Waals surface area contributed by atoms with Gasteiger partial charge < -0.3 is 24.3 Å². The van der Waals surface area contributed by atoms with Crippen molar-refractivity contribution in [2.45, 2.75) is 45.2 Å². The maximum absolute atomic E-state index is 14.1. The standard InChI is InChI=1S/C31H31N3O4S/c1-3-38-30(35)21-10-14-22(15-11-21)32-31(36)34-19-25-24-7-4-5-9-27(24)39-29(25)33-18-6-8-26(33)28(34)20-12-16-23(37-2)17-13-20/h6,8,10-18,28H,3-5,7,9,19H2,1-2H3,(H,32,36)/t28-/m0/s1. The van der Waals surface area contributed by atoms with Crippen LogP contribution in [0.15, 0.2) is 66.9 Å². The molecule has 2 aromatic heterocycles. The molecule has 6 rings (SSSR count). The van der Waals surface area contributed by atoms with Crippen molar-refractivity contribution in [2.75, 3.05) is 19.0 Å². The number of amides is 2. The van der Waals surface area contributed by atoms with E-state index >= 15 is 0 Å². The number of carbonyl (C=O) groups excluding carboxylic acids is 2. The van der Waals surface area contributed by atoms with Crippen molar-refractivity contribution in [3.63, 3.8) is 0 Å². The summed E-state index contributed by atoms with van der Waals surface area (Å²) in [4.78, 5) is 29.5. The van der Waals surface area contributed by atoms with Crippen molar-refractivity contribution in [3.05, 3.63) is 99.7 Å². The predicted octanol–water partition coefficient (Wildman–Crippen LogP) is 6.74. The highest BCUT2D eigenvalue weighted by atomic mass is 32.1. The quantitative estimate of drug-likeness (QED) is 0.284. The lowest BCUT2D eigenvalue weighted by Gasteiger charge is -2.31. The van der Waals surface area contributed by atoms with Gasteiger partial charge in [-0.1, -0.05) is 12.1 Å². The van der Waals surface area contributed by atoms with Crippen LogP contribution in [0.1, 0.15) is 63.4 Å². The molecule has 1 aliphatic heterocycles. The van der Waals surface area contributed by atoms with E-state index in [0.717, 1.165) is 29.8 Å². The molecular formula is C31H31N3O4S. The van der Waals surface area contributed by atoms with Crippen LogP contribution in [0.25, 0.3) is 5.00 Å². The van der Waals surface area contributed by atoms with E-state index < -0.39 is 0 Å². The van der Waals surface area contributed by atoms with Gasteiger partial charge in [0.2, 0.25) is 0 Å². The molecule has 0 saturated heterocycles. The molecule has 0 fully saturated rings. The molecule has 0 bridgehead atoms. The Hall–Kier alpha value is -4.04. The summed E-state index contributed by atoms with van der Waals surface area (Å²) < 4.78 is 12.8.